The van der Waals surface area contributed by atoms with Crippen molar-refractivity contribution in [3.63, 3.8) is 0 Å². The third kappa shape index (κ3) is 3.98. The molecular formula is C10H15N5O3. The predicted molar refractivity (Wildman–Crippen MR) is 64.0 cm³/mol. The Labute approximate surface area is 104 Å². The fourth-order valence-corrected chi connectivity index (χ4v) is 1.12. The topological polar surface area (TPSA) is 119 Å². The van der Waals surface area contributed by atoms with Gasteiger partial charge in [0.2, 0.25) is 11.8 Å². The maximum atomic E-state index is 11.4. The third-order valence-corrected chi connectivity index (χ3v) is 1.90. The standard InChI is InChI=1S/C10H15N5O3/c1-6-5-7(18-2)14-10(13-6)15-9(17)8(16)12-4-3-11/h5H,3-4,11H2,1-2H3,(H,12,16)(H,13,14,15,17). The molecule has 0 saturated heterocycles. The van der Waals surface area contributed by atoms with Crippen molar-refractivity contribution in [2.75, 3.05) is 25.5 Å². The number of carbonyl (C=O) groups excluding carboxylic acids is 2. The predicted octanol–water partition coefficient (Wildman–Crippen LogP) is -1.19. The Kier molecular flexibility index (Phi) is 5.00. The maximum Gasteiger partial charge on any atom is 0.316 e. The van der Waals surface area contributed by atoms with Crippen LogP contribution < -0.4 is 21.1 Å². The van der Waals surface area contributed by atoms with E-state index in [1.54, 1.807) is 13.0 Å². The second-order valence-corrected chi connectivity index (χ2v) is 3.37. The summed E-state index contributed by atoms with van der Waals surface area (Å²) in [6, 6.07) is 1.60. The molecule has 0 fully saturated rings. The fraction of sp³-hybridized carbons (Fsp3) is 0.400. The highest BCUT2D eigenvalue weighted by molar-refractivity contribution is 6.39. The van der Waals surface area contributed by atoms with Crippen LogP contribution in [-0.4, -0.2) is 42.0 Å². The van der Waals surface area contributed by atoms with Crippen LogP contribution in [-0.2, 0) is 9.59 Å². The third-order valence-electron chi connectivity index (χ3n) is 1.90. The first-order valence-electron chi connectivity index (χ1n) is 5.25. The van der Waals surface area contributed by atoms with Gasteiger partial charge in [-0.2, -0.15) is 4.98 Å². The van der Waals surface area contributed by atoms with Gasteiger partial charge < -0.3 is 15.8 Å². The summed E-state index contributed by atoms with van der Waals surface area (Å²) in [5.74, 6) is -1.32. The van der Waals surface area contributed by atoms with E-state index >= 15 is 0 Å². The van der Waals surface area contributed by atoms with Crippen LogP contribution in [0.3, 0.4) is 0 Å². The molecule has 1 rings (SSSR count). The van der Waals surface area contributed by atoms with Gasteiger partial charge in [0.1, 0.15) is 0 Å². The quantitative estimate of drug-likeness (QED) is 0.580. The largest absolute Gasteiger partial charge is 0.481 e. The van der Waals surface area contributed by atoms with Crippen LogP contribution in [0.25, 0.3) is 0 Å². The van der Waals surface area contributed by atoms with Gasteiger partial charge in [-0.1, -0.05) is 0 Å². The lowest BCUT2D eigenvalue weighted by atomic mass is 10.4. The van der Waals surface area contributed by atoms with E-state index in [0.29, 0.717) is 11.6 Å². The van der Waals surface area contributed by atoms with Crippen LogP contribution in [0.4, 0.5) is 5.95 Å². The van der Waals surface area contributed by atoms with Crippen molar-refractivity contribution in [2.45, 2.75) is 6.92 Å². The number of aryl methyl sites for hydroxylation is 1. The monoisotopic (exact) mass is 253 g/mol. The number of ether oxygens (including phenoxy) is 1. The molecule has 4 N–H and O–H groups in total. The van der Waals surface area contributed by atoms with E-state index in [1.165, 1.54) is 7.11 Å². The normalized spacial score (nSPS) is 9.72. The van der Waals surface area contributed by atoms with Crippen molar-refractivity contribution in [3.05, 3.63) is 11.8 Å². The maximum absolute atomic E-state index is 11.4. The van der Waals surface area contributed by atoms with E-state index in [2.05, 4.69) is 20.6 Å². The molecule has 1 aromatic rings. The number of carbonyl (C=O) groups is 2. The number of amides is 2. The molecule has 98 valence electrons. The zero-order chi connectivity index (χ0) is 13.5. The summed E-state index contributed by atoms with van der Waals surface area (Å²) < 4.78 is 4.92. The zero-order valence-corrected chi connectivity index (χ0v) is 10.2. The number of aromatic nitrogens is 2. The molecule has 0 radical (unpaired) electrons. The molecule has 0 atom stereocenters. The molecule has 0 unspecified atom stereocenters. The van der Waals surface area contributed by atoms with Gasteiger partial charge in [0.25, 0.3) is 0 Å². The summed E-state index contributed by atoms with van der Waals surface area (Å²) >= 11 is 0. The molecule has 1 heterocycles. The fourth-order valence-electron chi connectivity index (χ4n) is 1.12. The molecule has 0 spiro atoms. The Morgan fingerprint density at radius 3 is 2.72 bits per heavy atom. The van der Waals surface area contributed by atoms with Gasteiger partial charge in [0.05, 0.1) is 7.11 Å². The first-order valence-corrected chi connectivity index (χ1v) is 5.25. The van der Waals surface area contributed by atoms with Crippen molar-refractivity contribution in [1.29, 1.82) is 0 Å². The van der Waals surface area contributed by atoms with Crippen LogP contribution in [0, 0.1) is 6.92 Å². The van der Waals surface area contributed by atoms with E-state index in [0.717, 1.165) is 0 Å². The lowest BCUT2D eigenvalue weighted by molar-refractivity contribution is -0.136. The number of methoxy groups -OCH3 is 1. The van der Waals surface area contributed by atoms with E-state index in [-0.39, 0.29) is 19.0 Å². The van der Waals surface area contributed by atoms with Crippen LogP contribution in [0.2, 0.25) is 0 Å². The highest BCUT2D eigenvalue weighted by atomic mass is 16.5. The van der Waals surface area contributed by atoms with Gasteiger partial charge in [-0.15, -0.1) is 0 Å². The number of rotatable bonds is 4. The lowest BCUT2D eigenvalue weighted by Crippen LogP contribution is -2.38. The minimum absolute atomic E-state index is 0.0137. The number of hydrogen-bond acceptors (Lipinski definition) is 6. The summed E-state index contributed by atoms with van der Waals surface area (Å²) in [7, 11) is 1.45. The molecule has 0 bridgehead atoms. The van der Waals surface area contributed by atoms with Gasteiger partial charge in [0, 0.05) is 24.8 Å². The van der Waals surface area contributed by atoms with E-state index in [4.69, 9.17) is 10.5 Å². The molecule has 0 saturated carbocycles. The number of nitrogens with zero attached hydrogens (tertiary/aromatic N) is 2. The van der Waals surface area contributed by atoms with Gasteiger partial charge in [-0.05, 0) is 6.92 Å². The molecule has 8 heteroatoms. The first-order chi connectivity index (χ1) is 8.56. The Morgan fingerprint density at radius 1 is 1.39 bits per heavy atom. The highest BCUT2D eigenvalue weighted by Crippen LogP contribution is 2.10. The molecule has 2 amide bonds. The van der Waals surface area contributed by atoms with Crippen LogP contribution in [0.5, 0.6) is 5.88 Å². The number of anilines is 1. The van der Waals surface area contributed by atoms with Crippen molar-refractivity contribution < 1.29 is 14.3 Å². The average molecular weight is 253 g/mol. The van der Waals surface area contributed by atoms with Crippen LogP contribution in [0.1, 0.15) is 5.69 Å². The molecule has 0 aromatic carbocycles. The summed E-state index contributed by atoms with van der Waals surface area (Å²) in [5.41, 5.74) is 5.81. The summed E-state index contributed by atoms with van der Waals surface area (Å²) in [6.07, 6.45) is 0. The number of nitrogens with two attached hydrogens (primary N) is 1. The Balaban J connectivity index is 2.69. The molecule has 0 aliphatic rings. The van der Waals surface area contributed by atoms with Crippen molar-refractivity contribution >= 4 is 17.8 Å². The molecule has 0 aliphatic heterocycles. The summed E-state index contributed by atoms with van der Waals surface area (Å²) in [4.78, 5) is 30.6. The van der Waals surface area contributed by atoms with Crippen LogP contribution in [0.15, 0.2) is 6.07 Å². The molecule has 18 heavy (non-hydrogen) atoms. The minimum Gasteiger partial charge on any atom is -0.481 e. The van der Waals surface area contributed by atoms with E-state index in [9.17, 15) is 9.59 Å². The van der Waals surface area contributed by atoms with Gasteiger partial charge in [-0.3, -0.25) is 14.9 Å². The lowest BCUT2D eigenvalue weighted by Gasteiger charge is -2.06. The second-order valence-electron chi connectivity index (χ2n) is 3.37. The smallest absolute Gasteiger partial charge is 0.316 e. The molecule has 1 aromatic heterocycles. The van der Waals surface area contributed by atoms with E-state index in [1.807, 2.05) is 0 Å². The number of hydrogen-bond donors (Lipinski definition) is 3. The van der Waals surface area contributed by atoms with Gasteiger partial charge >= 0.3 is 11.8 Å². The Hall–Kier alpha value is -2.22. The van der Waals surface area contributed by atoms with Gasteiger partial charge in [-0.25, -0.2) is 4.98 Å². The second kappa shape index (κ2) is 6.50. The van der Waals surface area contributed by atoms with Crippen molar-refractivity contribution in [3.8, 4) is 5.88 Å². The SMILES string of the molecule is COc1cc(C)nc(NC(=O)C(=O)NCCN)n1. The molecule has 8 nitrogen and oxygen atoms in total. The summed E-state index contributed by atoms with van der Waals surface area (Å²) in [6.45, 7) is 2.20. The average Bonchev–Trinajstić information content (AvgIpc) is 2.34. The highest BCUT2D eigenvalue weighted by Gasteiger charge is 2.14. The molecule has 0 aliphatic carbocycles. The first kappa shape index (κ1) is 13.8. The van der Waals surface area contributed by atoms with E-state index < -0.39 is 11.8 Å². The van der Waals surface area contributed by atoms with Crippen molar-refractivity contribution in [2.24, 2.45) is 5.73 Å². The van der Waals surface area contributed by atoms with Crippen LogP contribution >= 0.6 is 0 Å². The summed E-state index contributed by atoms with van der Waals surface area (Å²) in [5, 5.41) is 4.60. The minimum atomic E-state index is -0.851. The number of nitrogens with one attached hydrogen (secondary N) is 2. The van der Waals surface area contributed by atoms with Crippen molar-refractivity contribution in [1.82, 2.24) is 15.3 Å². The molecular weight excluding hydrogens is 238 g/mol. The Morgan fingerprint density at radius 2 is 2.11 bits per heavy atom. The van der Waals surface area contributed by atoms with Gasteiger partial charge in [0.15, 0.2) is 0 Å². The Bertz CT molecular complexity index is 449. The zero-order valence-electron chi connectivity index (χ0n) is 10.2.